The number of hydrogen-bond acceptors (Lipinski definition) is 8. The number of aliphatic hydroxyl groups excluding tert-OH is 2. The van der Waals surface area contributed by atoms with Crippen LogP contribution in [0.2, 0.25) is 0 Å². The first-order valence-electron chi connectivity index (χ1n) is 7.16. The number of hydrogen-bond donors (Lipinski definition) is 3. The van der Waals surface area contributed by atoms with Crippen molar-refractivity contribution in [3.63, 3.8) is 0 Å². The SMILES string of the molecule is CCOc1nc(N)nc2c1ncn2C1O[C@H](CO)[C@@H](O)[C@]1(C)F. The Kier molecular flexibility index (Phi) is 3.82. The molecule has 2 aromatic rings. The molecule has 0 radical (unpaired) electrons. The predicted molar refractivity (Wildman–Crippen MR) is 77.4 cm³/mol. The maximum Gasteiger partial charge on any atom is 0.247 e. The van der Waals surface area contributed by atoms with Gasteiger partial charge in [-0.3, -0.25) is 4.57 Å². The van der Waals surface area contributed by atoms with Gasteiger partial charge in [0, 0.05) is 0 Å². The minimum absolute atomic E-state index is 0.0551. The number of nitrogen functional groups attached to an aromatic ring is 1. The normalized spacial score (nSPS) is 30.9. The molecule has 23 heavy (non-hydrogen) atoms. The molecule has 0 saturated carbocycles. The molecule has 0 spiro atoms. The van der Waals surface area contributed by atoms with E-state index in [1.807, 2.05) is 0 Å². The van der Waals surface area contributed by atoms with E-state index in [1.165, 1.54) is 17.8 Å². The summed E-state index contributed by atoms with van der Waals surface area (Å²) in [5.41, 5.74) is 4.05. The number of rotatable bonds is 4. The van der Waals surface area contributed by atoms with Crippen LogP contribution in [0.15, 0.2) is 6.33 Å². The molecule has 4 atom stereocenters. The van der Waals surface area contributed by atoms with Gasteiger partial charge in [-0.05, 0) is 13.8 Å². The molecular formula is C13H18FN5O4. The number of aromatic nitrogens is 4. The Hall–Kier alpha value is -2.04. The Balaban J connectivity index is 2.10. The van der Waals surface area contributed by atoms with E-state index in [0.29, 0.717) is 12.1 Å². The fourth-order valence-corrected chi connectivity index (χ4v) is 2.68. The van der Waals surface area contributed by atoms with E-state index in [-0.39, 0.29) is 17.5 Å². The van der Waals surface area contributed by atoms with E-state index in [9.17, 15) is 14.6 Å². The van der Waals surface area contributed by atoms with Gasteiger partial charge in [0.1, 0.15) is 12.2 Å². The molecule has 0 amide bonds. The third kappa shape index (κ3) is 2.38. The average Bonchev–Trinajstić information content (AvgIpc) is 3.00. The summed E-state index contributed by atoms with van der Waals surface area (Å²) in [4.78, 5) is 12.1. The Bertz CT molecular complexity index is 722. The molecule has 0 bridgehead atoms. The first kappa shape index (κ1) is 15.8. The van der Waals surface area contributed by atoms with Crippen LogP contribution in [0, 0.1) is 0 Å². The van der Waals surface area contributed by atoms with Gasteiger partial charge in [0.15, 0.2) is 23.1 Å². The van der Waals surface area contributed by atoms with Crippen LogP contribution >= 0.6 is 0 Å². The molecule has 1 unspecified atom stereocenters. The van der Waals surface area contributed by atoms with Crippen LogP contribution < -0.4 is 10.5 Å². The van der Waals surface area contributed by atoms with E-state index in [1.54, 1.807) is 6.92 Å². The van der Waals surface area contributed by atoms with Crippen molar-refractivity contribution in [1.82, 2.24) is 19.5 Å². The predicted octanol–water partition coefficient (Wildman–Crippen LogP) is -0.214. The minimum atomic E-state index is -2.15. The number of nitrogens with zero attached hydrogens (tertiary/aromatic N) is 4. The zero-order valence-electron chi connectivity index (χ0n) is 12.7. The summed E-state index contributed by atoms with van der Waals surface area (Å²) in [6.45, 7) is 2.81. The summed E-state index contributed by atoms with van der Waals surface area (Å²) >= 11 is 0. The van der Waals surface area contributed by atoms with Crippen LogP contribution in [0.1, 0.15) is 20.1 Å². The van der Waals surface area contributed by atoms with Crippen molar-refractivity contribution < 1.29 is 24.1 Å². The minimum Gasteiger partial charge on any atom is -0.476 e. The van der Waals surface area contributed by atoms with Crippen LogP contribution in [0.5, 0.6) is 5.88 Å². The maximum atomic E-state index is 14.9. The van der Waals surface area contributed by atoms with Crippen molar-refractivity contribution in [2.75, 3.05) is 18.9 Å². The summed E-state index contributed by atoms with van der Waals surface area (Å²) in [5.74, 6) is 0.132. The molecular weight excluding hydrogens is 309 g/mol. The number of fused-ring (bicyclic) bond motifs is 1. The van der Waals surface area contributed by atoms with Gasteiger partial charge in [-0.15, -0.1) is 0 Å². The Morgan fingerprint density at radius 1 is 1.52 bits per heavy atom. The Morgan fingerprint density at radius 3 is 2.87 bits per heavy atom. The molecule has 1 aliphatic heterocycles. The van der Waals surface area contributed by atoms with E-state index < -0.39 is 30.7 Å². The van der Waals surface area contributed by atoms with E-state index in [2.05, 4.69) is 15.0 Å². The Morgan fingerprint density at radius 2 is 2.26 bits per heavy atom. The lowest BCUT2D eigenvalue weighted by Gasteiger charge is -2.24. The van der Waals surface area contributed by atoms with Crippen LogP contribution in [-0.4, -0.2) is 60.8 Å². The molecule has 1 saturated heterocycles. The molecule has 4 N–H and O–H groups in total. The van der Waals surface area contributed by atoms with Crippen molar-refractivity contribution in [1.29, 1.82) is 0 Å². The van der Waals surface area contributed by atoms with Crippen LogP contribution in [0.25, 0.3) is 11.2 Å². The molecule has 9 nitrogen and oxygen atoms in total. The van der Waals surface area contributed by atoms with E-state index in [4.69, 9.17) is 15.2 Å². The number of nitrogens with two attached hydrogens (primary N) is 1. The number of anilines is 1. The van der Waals surface area contributed by atoms with Crippen molar-refractivity contribution in [2.24, 2.45) is 0 Å². The van der Waals surface area contributed by atoms with Crippen LogP contribution in [0.4, 0.5) is 10.3 Å². The fraction of sp³-hybridized carbons (Fsp3) is 0.615. The second kappa shape index (κ2) is 5.55. The molecule has 0 aromatic carbocycles. The number of ether oxygens (including phenoxy) is 2. The molecule has 0 aliphatic carbocycles. The van der Waals surface area contributed by atoms with Crippen molar-refractivity contribution >= 4 is 17.1 Å². The fourth-order valence-electron chi connectivity index (χ4n) is 2.68. The summed E-state index contributed by atoms with van der Waals surface area (Å²) in [6, 6.07) is 0. The molecule has 3 rings (SSSR count). The molecule has 126 valence electrons. The Labute approximate surface area is 130 Å². The van der Waals surface area contributed by atoms with Gasteiger partial charge < -0.3 is 25.4 Å². The van der Waals surface area contributed by atoms with Gasteiger partial charge >= 0.3 is 0 Å². The average molecular weight is 327 g/mol. The summed E-state index contributed by atoms with van der Waals surface area (Å²) < 4.78 is 27.0. The molecule has 3 heterocycles. The molecule has 1 fully saturated rings. The highest BCUT2D eigenvalue weighted by Gasteiger charge is 2.55. The number of imidazole rings is 1. The van der Waals surface area contributed by atoms with Gasteiger partial charge in [0.25, 0.3) is 0 Å². The van der Waals surface area contributed by atoms with E-state index >= 15 is 0 Å². The van der Waals surface area contributed by atoms with Crippen molar-refractivity contribution in [2.45, 2.75) is 38.0 Å². The second-order valence-electron chi connectivity index (χ2n) is 5.45. The van der Waals surface area contributed by atoms with Crippen LogP contribution in [-0.2, 0) is 4.74 Å². The first-order valence-corrected chi connectivity index (χ1v) is 7.16. The van der Waals surface area contributed by atoms with Gasteiger partial charge in [-0.2, -0.15) is 9.97 Å². The summed E-state index contributed by atoms with van der Waals surface area (Å²) in [7, 11) is 0. The lowest BCUT2D eigenvalue weighted by molar-refractivity contribution is -0.0566. The number of alkyl halides is 1. The quantitative estimate of drug-likeness (QED) is 0.703. The summed E-state index contributed by atoms with van der Waals surface area (Å²) in [5, 5.41) is 19.2. The van der Waals surface area contributed by atoms with Gasteiger partial charge in [0.2, 0.25) is 11.8 Å². The van der Waals surface area contributed by atoms with Crippen LogP contribution in [0.3, 0.4) is 0 Å². The van der Waals surface area contributed by atoms with Gasteiger partial charge in [-0.25, -0.2) is 9.37 Å². The molecule has 10 heteroatoms. The molecule has 2 aromatic heterocycles. The van der Waals surface area contributed by atoms with Crippen molar-refractivity contribution in [3.8, 4) is 5.88 Å². The third-order valence-electron chi connectivity index (χ3n) is 3.84. The topological polar surface area (TPSA) is 129 Å². The van der Waals surface area contributed by atoms with Crippen molar-refractivity contribution in [3.05, 3.63) is 6.33 Å². The molecule has 1 aliphatic rings. The van der Waals surface area contributed by atoms with Gasteiger partial charge in [-0.1, -0.05) is 0 Å². The number of halogens is 1. The smallest absolute Gasteiger partial charge is 0.247 e. The highest BCUT2D eigenvalue weighted by atomic mass is 19.1. The highest BCUT2D eigenvalue weighted by molar-refractivity contribution is 5.77. The summed E-state index contributed by atoms with van der Waals surface area (Å²) in [6.07, 6.45) is -2.43. The zero-order valence-corrected chi connectivity index (χ0v) is 12.7. The van der Waals surface area contributed by atoms with E-state index in [0.717, 1.165) is 0 Å². The lowest BCUT2D eigenvalue weighted by atomic mass is 9.98. The third-order valence-corrected chi connectivity index (χ3v) is 3.84. The second-order valence-corrected chi connectivity index (χ2v) is 5.45. The first-order chi connectivity index (χ1) is 10.9. The lowest BCUT2D eigenvalue weighted by Crippen LogP contribution is -2.40. The monoisotopic (exact) mass is 327 g/mol. The standard InChI is InChI=1S/C13H18FN5O4/c1-3-22-10-7-9(17-12(15)18-10)19(5-16-7)11-13(2,14)8(21)6(4-20)23-11/h5-6,8,11,20-21H,3-4H2,1-2H3,(H2,15,17,18)/t6-,8-,11?,13+/m1/s1. The van der Waals surface area contributed by atoms with Gasteiger partial charge in [0.05, 0.1) is 19.5 Å². The zero-order chi connectivity index (χ0) is 16.8. The largest absolute Gasteiger partial charge is 0.476 e. The maximum absolute atomic E-state index is 14.9. The highest BCUT2D eigenvalue weighted by Crippen LogP contribution is 2.42. The number of aliphatic hydroxyl groups is 2.